The highest BCUT2D eigenvalue weighted by Gasteiger charge is 1.69. The van der Waals surface area contributed by atoms with Crippen molar-refractivity contribution in [3.8, 4) is 0 Å². The summed E-state index contributed by atoms with van der Waals surface area (Å²) >= 11 is 0. The third-order valence-electron chi connectivity index (χ3n) is 0.0393. The predicted octanol–water partition coefficient (Wildman–Crippen LogP) is -0.592. The molecule has 0 aromatic heterocycles. The van der Waals surface area contributed by atoms with Crippen LogP contribution in [0.3, 0.4) is 0 Å². The molecule has 0 aromatic rings. The van der Waals surface area contributed by atoms with Gasteiger partial charge in [0.25, 0.3) is 4.96 Å². The molecule has 4 heavy (non-hydrogen) atoms. The van der Waals surface area contributed by atoms with E-state index in [1.54, 1.807) is 0 Å². The van der Waals surface area contributed by atoms with Crippen LogP contribution in [0.1, 0.15) is 0 Å². The molecule has 0 bridgehead atoms. The standard InChI is InChI=1S/H2NO3/c1-3-4-2/h1H2/q+1. The highest BCUT2D eigenvalue weighted by atomic mass is 17.3. The van der Waals surface area contributed by atoms with Crippen molar-refractivity contribution < 1.29 is 4.99 Å². The van der Waals surface area contributed by atoms with E-state index >= 15 is 0 Å². The quantitative estimate of drug-likeness (QED) is 0.252. The largest absolute Gasteiger partial charge is 0.399 e. The van der Waals surface area contributed by atoms with Crippen LogP contribution >= 0.6 is 0 Å². The van der Waals surface area contributed by atoms with Crippen molar-refractivity contribution in [2.45, 2.75) is 0 Å². The first-order chi connectivity index (χ1) is 1.91. The summed E-state index contributed by atoms with van der Waals surface area (Å²) in [5, 5.41) is 0. The van der Waals surface area contributed by atoms with Gasteiger partial charge >= 0.3 is 4.75 Å². The zero-order valence-electron chi connectivity index (χ0n) is 1.80. The van der Waals surface area contributed by atoms with Gasteiger partial charge in [-0.25, -0.2) is 0 Å². The van der Waals surface area contributed by atoms with Crippen molar-refractivity contribution >= 4 is 0 Å². The van der Waals surface area contributed by atoms with Gasteiger partial charge in [-0.15, -0.1) is 0 Å². The van der Waals surface area contributed by atoms with Crippen molar-refractivity contribution in [1.29, 1.82) is 0 Å². The van der Waals surface area contributed by atoms with E-state index in [9.17, 15) is 0 Å². The molecule has 0 aliphatic heterocycles. The molecule has 0 spiro atoms. The summed E-state index contributed by atoms with van der Waals surface area (Å²) in [6.07, 6.45) is 0. The third-order valence-corrected chi connectivity index (χ3v) is 0.0393. The molecule has 0 saturated heterocycles. The normalized spacial score (nSPS) is 5.25. The second-order valence-corrected chi connectivity index (χ2v) is 0.164. The van der Waals surface area contributed by atoms with Gasteiger partial charge in [-0.1, -0.05) is 5.90 Å². The van der Waals surface area contributed by atoms with Crippen molar-refractivity contribution in [2.75, 3.05) is 0 Å². The summed E-state index contributed by atoms with van der Waals surface area (Å²) in [4.78, 5) is 11.4. The van der Waals surface area contributed by atoms with Crippen molar-refractivity contribution in [1.82, 2.24) is 0 Å². The van der Waals surface area contributed by atoms with Gasteiger partial charge in [0.15, 0.2) is 0 Å². The van der Waals surface area contributed by atoms with E-state index in [0.29, 0.717) is 0 Å². The van der Waals surface area contributed by atoms with Gasteiger partial charge in [-0.3, -0.25) is 0 Å². The Labute approximate surface area is 22.0 Å². The van der Waals surface area contributed by atoms with Crippen LogP contribution < -0.4 is 5.90 Å². The fourth-order valence-corrected chi connectivity index (χ4v) is 0. The van der Waals surface area contributed by atoms with Crippen LogP contribution in [0.4, 0.5) is 0 Å². The minimum atomic E-state index is 2.57. The van der Waals surface area contributed by atoms with E-state index in [1.165, 1.54) is 0 Å². The monoisotopic (exact) mass is 64.0 g/mol. The van der Waals surface area contributed by atoms with Gasteiger partial charge in [0.05, 0.1) is 0 Å². The molecule has 0 aliphatic carbocycles. The van der Waals surface area contributed by atoms with Gasteiger partial charge in [0.1, 0.15) is 0 Å². The first-order valence-electron chi connectivity index (χ1n) is 0.569. The molecule has 0 atom stereocenters. The maximum Gasteiger partial charge on any atom is 0.399 e. The Hall–Kier alpha value is -0.640. The Morgan fingerprint density at radius 1 is 2.00 bits per heavy atom. The van der Waals surface area contributed by atoms with E-state index in [4.69, 9.17) is 4.96 Å². The van der Waals surface area contributed by atoms with Crippen molar-refractivity contribution in [3.63, 3.8) is 0 Å². The second kappa shape index (κ2) is 2.36. The summed E-state index contributed by atoms with van der Waals surface area (Å²) < 4.78 is 2.57. The van der Waals surface area contributed by atoms with Crippen LogP contribution in [0, 0.1) is 9.71 Å². The molecule has 0 aromatic carbocycles. The molecule has 0 fully saturated rings. The third kappa shape index (κ3) is 1.36. The maximum atomic E-state index is 8.45. The molecule has 4 heteroatoms. The molecule has 0 saturated carbocycles. The molecular formula is H2NO3+. The lowest BCUT2D eigenvalue weighted by Crippen LogP contribution is -1.86. The Morgan fingerprint density at radius 2 is 2.25 bits per heavy atom. The Kier molecular flexibility index (Phi) is 1.98. The van der Waals surface area contributed by atoms with E-state index in [2.05, 4.69) is 15.6 Å². The molecule has 4 nitrogen and oxygen atoms in total. The minimum absolute atomic E-state index is 2.57. The summed E-state index contributed by atoms with van der Waals surface area (Å²) in [7, 11) is 0. The molecule has 0 unspecified atom stereocenters. The fraction of sp³-hybridized carbons (Fsp3) is 0. The van der Waals surface area contributed by atoms with E-state index in [0.717, 1.165) is 0 Å². The fourth-order valence-electron chi connectivity index (χ4n) is 0. The SMILES string of the molecule is NO[O+]=O. The summed E-state index contributed by atoms with van der Waals surface area (Å²) in [6.45, 7) is 0. The molecule has 0 amide bonds. The number of hydrogen-bond acceptors (Lipinski definition) is 3. The molecular weight excluding hydrogens is 62.0 g/mol. The van der Waals surface area contributed by atoms with Gasteiger partial charge in [-0.05, 0) is 0 Å². The molecule has 0 heterocycles. The maximum absolute atomic E-state index is 8.45. The Bertz CT molecular complexity index is 17.2. The lowest BCUT2D eigenvalue weighted by atomic mass is 13.5. The molecule has 2 N–H and O–H groups in total. The minimum Gasteiger partial charge on any atom is -0.0700 e. The molecule has 0 rings (SSSR count). The van der Waals surface area contributed by atoms with Gasteiger partial charge in [-0.2, -0.15) is 0 Å². The molecule has 0 radical (unpaired) electrons. The smallest absolute Gasteiger partial charge is 0.0700 e. The number of nitrogens with two attached hydrogens (primary N) is 1. The number of hydrogen-bond donors (Lipinski definition) is 1. The van der Waals surface area contributed by atoms with Crippen molar-refractivity contribution in [2.24, 2.45) is 5.90 Å². The Balaban J connectivity index is 2.30. The summed E-state index contributed by atoms with van der Waals surface area (Å²) in [6, 6.07) is 0. The van der Waals surface area contributed by atoms with Crippen LogP contribution in [0.5, 0.6) is 0 Å². The average Bonchev–Trinajstić information content (AvgIpc) is 1.37. The highest BCUT2D eigenvalue weighted by Crippen LogP contribution is 1.38. The first-order valence-corrected chi connectivity index (χ1v) is 0.569. The summed E-state index contributed by atoms with van der Waals surface area (Å²) in [5.74, 6) is 3.99. The Morgan fingerprint density at radius 3 is 2.25 bits per heavy atom. The zero-order valence-corrected chi connectivity index (χ0v) is 1.80. The second-order valence-electron chi connectivity index (χ2n) is 0.164. The topological polar surface area (TPSA) is 63.6 Å². The highest BCUT2D eigenvalue weighted by molar-refractivity contribution is 4.28. The lowest BCUT2D eigenvalue weighted by molar-refractivity contribution is 0.250. The predicted molar refractivity (Wildman–Crippen MR) is 12.0 cm³/mol. The van der Waals surface area contributed by atoms with E-state index in [1.807, 2.05) is 0 Å². The molecule has 0 aliphatic rings. The van der Waals surface area contributed by atoms with Gasteiger partial charge < -0.3 is 0 Å². The van der Waals surface area contributed by atoms with E-state index < -0.39 is 0 Å². The van der Waals surface area contributed by atoms with E-state index in [-0.39, 0.29) is 0 Å². The van der Waals surface area contributed by atoms with Crippen LogP contribution in [-0.4, -0.2) is 0 Å². The molecule has 24 valence electrons. The van der Waals surface area contributed by atoms with Crippen LogP contribution in [0.2, 0.25) is 0 Å². The van der Waals surface area contributed by atoms with Crippen molar-refractivity contribution in [3.05, 3.63) is 9.71 Å². The van der Waals surface area contributed by atoms with Crippen LogP contribution in [0.25, 0.3) is 0 Å². The lowest BCUT2D eigenvalue weighted by Gasteiger charge is -1.39. The van der Waals surface area contributed by atoms with Gasteiger partial charge in [0, 0.05) is 4.99 Å². The van der Waals surface area contributed by atoms with Crippen LogP contribution in [-0.2, 0) is 4.99 Å². The first kappa shape index (κ1) is 3.36. The average molecular weight is 64.0 g/mol. The summed E-state index contributed by atoms with van der Waals surface area (Å²) in [5.41, 5.74) is 0. The van der Waals surface area contributed by atoms with Gasteiger partial charge in [0.2, 0.25) is 0 Å². The number of rotatable bonds is 1. The van der Waals surface area contributed by atoms with Crippen LogP contribution in [0.15, 0.2) is 0 Å². The zero-order chi connectivity index (χ0) is 3.41.